The number of aliphatic hydroxyl groups excluding tert-OH is 1. The van der Waals surface area contributed by atoms with Crippen LogP contribution in [0.25, 0.3) is 11.0 Å². The molecule has 2 aromatic rings. The topological polar surface area (TPSA) is 50.9 Å². The van der Waals surface area contributed by atoms with E-state index in [1.807, 2.05) is 18.2 Å². The molecule has 0 atom stereocenters. The minimum Gasteiger partial charge on any atom is -0.374 e. The van der Waals surface area contributed by atoms with Gasteiger partial charge in [-0.15, -0.1) is 5.10 Å². The highest BCUT2D eigenvalue weighted by molar-refractivity contribution is 5.78. The summed E-state index contributed by atoms with van der Waals surface area (Å²) in [6.45, 7) is 4.11. The van der Waals surface area contributed by atoms with Crippen LogP contribution in [0.1, 0.15) is 25.3 Å². The Labute approximate surface area is 82.2 Å². The molecular weight excluding hydrogens is 178 g/mol. The monoisotopic (exact) mass is 191 g/mol. The van der Waals surface area contributed by atoms with E-state index in [1.54, 1.807) is 0 Å². The quantitative estimate of drug-likeness (QED) is 0.782. The zero-order chi connectivity index (χ0) is 10.1. The van der Waals surface area contributed by atoms with Crippen LogP contribution in [-0.4, -0.2) is 20.1 Å². The molecule has 0 saturated carbocycles. The molecule has 4 heteroatoms. The van der Waals surface area contributed by atoms with Gasteiger partial charge in [0.2, 0.25) is 0 Å². The molecule has 0 spiro atoms. The van der Waals surface area contributed by atoms with Crippen LogP contribution < -0.4 is 0 Å². The van der Waals surface area contributed by atoms with Crippen LogP contribution in [0.5, 0.6) is 0 Å². The van der Waals surface area contributed by atoms with Crippen LogP contribution in [0.2, 0.25) is 0 Å². The first kappa shape index (κ1) is 9.15. The van der Waals surface area contributed by atoms with Gasteiger partial charge in [0.25, 0.3) is 0 Å². The number of hydrogen-bond acceptors (Lipinski definition) is 3. The van der Waals surface area contributed by atoms with E-state index in [0.29, 0.717) is 5.92 Å². The van der Waals surface area contributed by atoms with E-state index in [4.69, 9.17) is 5.11 Å². The largest absolute Gasteiger partial charge is 0.374 e. The number of benzene rings is 1. The van der Waals surface area contributed by atoms with E-state index in [2.05, 4.69) is 24.2 Å². The molecule has 0 aliphatic heterocycles. The fourth-order valence-electron chi connectivity index (χ4n) is 1.58. The lowest BCUT2D eigenvalue weighted by molar-refractivity contribution is 0.197. The molecule has 1 N–H and O–H groups in total. The lowest BCUT2D eigenvalue weighted by Crippen LogP contribution is -1.98. The second kappa shape index (κ2) is 3.38. The Bertz CT molecular complexity index is 448. The molecule has 0 aliphatic carbocycles. The molecule has 1 aromatic heterocycles. The number of nitrogens with zero attached hydrogens (tertiary/aromatic N) is 3. The van der Waals surface area contributed by atoms with Gasteiger partial charge in [-0.3, -0.25) is 0 Å². The van der Waals surface area contributed by atoms with Gasteiger partial charge in [-0.25, -0.2) is 4.68 Å². The zero-order valence-corrected chi connectivity index (χ0v) is 8.31. The summed E-state index contributed by atoms with van der Waals surface area (Å²) in [7, 11) is 0. The van der Waals surface area contributed by atoms with Gasteiger partial charge >= 0.3 is 0 Å². The minimum absolute atomic E-state index is 0.127. The molecule has 1 aromatic carbocycles. The maximum absolute atomic E-state index is 9.01. The summed E-state index contributed by atoms with van der Waals surface area (Å²) in [5.41, 5.74) is 2.94. The molecule has 74 valence electrons. The Morgan fingerprint density at radius 2 is 2.21 bits per heavy atom. The highest BCUT2D eigenvalue weighted by Crippen LogP contribution is 2.22. The minimum atomic E-state index is -0.127. The van der Waals surface area contributed by atoms with Crippen molar-refractivity contribution >= 4 is 11.0 Å². The summed E-state index contributed by atoms with van der Waals surface area (Å²) in [6, 6.07) is 5.92. The van der Waals surface area contributed by atoms with Gasteiger partial charge < -0.3 is 5.11 Å². The van der Waals surface area contributed by atoms with Crippen LogP contribution in [0, 0.1) is 0 Å². The van der Waals surface area contributed by atoms with E-state index in [0.717, 1.165) is 11.0 Å². The summed E-state index contributed by atoms with van der Waals surface area (Å²) >= 11 is 0. The van der Waals surface area contributed by atoms with E-state index in [9.17, 15) is 0 Å². The molecule has 0 fully saturated rings. The van der Waals surface area contributed by atoms with Crippen LogP contribution >= 0.6 is 0 Å². The molecule has 0 saturated heterocycles. The number of fused-ring (bicyclic) bond motifs is 1. The zero-order valence-electron chi connectivity index (χ0n) is 8.31. The van der Waals surface area contributed by atoms with Gasteiger partial charge in [0.05, 0.1) is 5.52 Å². The van der Waals surface area contributed by atoms with Crippen molar-refractivity contribution in [3.05, 3.63) is 23.8 Å². The Morgan fingerprint density at radius 3 is 2.86 bits per heavy atom. The Balaban J connectivity index is 2.70. The Hall–Kier alpha value is -1.42. The first-order valence-electron chi connectivity index (χ1n) is 4.67. The Morgan fingerprint density at radius 1 is 1.43 bits per heavy atom. The van der Waals surface area contributed by atoms with Crippen molar-refractivity contribution in [1.29, 1.82) is 0 Å². The van der Waals surface area contributed by atoms with Crippen molar-refractivity contribution in [3.8, 4) is 0 Å². The Kier molecular flexibility index (Phi) is 2.21. The SMILES string of the molecule is CC(C)c1cccc2c1nnn2CO. The lowest BCUT2D eigenvalue weighted by atomic mass is 10.0. The molecule has 4 nitrogen and oxygen atoms in total. The first-order valence-corrected chi connectivity index (χ1v) is 4.67. The van der Waals surface area contributed by atoms with Crippen molar-refractivity contribution in [2.24, 2.45) is 0 Å². The first-order chi connectivity index (χ1) is 6.74. The van der Waals surface area contributed by atoms with Crippen molar-refractivity contribution in [2.75, 3.05) is 0 Å². The molecular formula is C10H13N3O. The molecule has 1 heterocycles. The van der Waals surface area contributed by atoms with Gasteiger partial charge in [-0.2, -0.15) is 0 Å². The van der Waals surface area contributed by atoms with E-state index in [1.165, 1.54) is 10.2 Å². The molecule has 0 aliphatic rings. The third-order valence-corrected chi connectivity index (χ3v) is 2.33. The second-order valence-electron chi connectivity index (χ2n) is 3.60. The predicted octanol–water partition coefficient (Wildman–Crippen LogP) is 1.50. The van der Waals surface area contributed by atoms with Crippen molar-refractivity contribution in [2.45, 2.75) is 26.5 Å². The summed E-state index contributed by atoms with van der Waals surface area (Å²) < 4.78 is 1.49. The smallest absolute Gasteiger partial charge is 0.138 e. The highest BCUT2D eigenvalue weighted by atomic mass is 16.3. The highest BCUT2D eigenvalue weighted by Gasteiger charge is 2.09. The average molecular weight is 191 g/mol. The summed E-state index contributed by atoms with van der Waals surface area (Å²) in [5.74, 6) is 0.419. The summed E-state index contributed by atoms with van der Waals surface area (Å²) in [6.07, 6.45) is 0. The fraction of sp³-hybridized carbons (Fsp3) is 0.400. The number of aliphatic hydroxyl groups is 1. The van der Waals surface area contributed by atoms with E-state index >= 15 is 0 Å². The van der Waals surface area contributed by atoms with Gasteiger partial charge in [0, 0.05) is 0 Å². The van der Waals surface area contributed by atoms with E-state index < -0.39 is 0 Å². The maximum Gasteiger partial charge on any atom is 0.138 e. The van der Waals surface area contributed by atoms with Gasteiger partial charge in [0.15, 0.2) is 0 Å². The third kappa shape index (κ3) is 1.28. The summed E-state index contributed by atoms with van der Waals surface area (Å²) in [5, 5.41) is 17.0. The van der Waals surface area contributed by atoms with E-state index in [-0.39, 0.29) is 6.73 Å². The van der Waals surface area contributed by atoms with Crippen LogP contribution in [0.4, 0.5) is 0 Å². The lowest BCUT2D eigenvalue weighted by Gasteiger charge is -2.04. The number of aromatic nitrogens is 3. The second-order valence-corrected chi connectivity index (χ2v) is 3.60. The predicted molar refractivity (Wildman–Crippen MR) is 53.8 cm³/mol. The molecule has 0 radical (unpaired) electrons. The van der Waals surface area contributed by atoms with Crippen molar-refractivity contribution in [3.63, 3.8) is 0 Å². The normalized spacial score (nSPS) is 11.4. The van der Waals surface area contributed by atoms with Crippen LogP contribution in [0.15, 0.2) is 18.2 Å². The molecule has 0 bridgehead atoms. The van der Waals surface area contributed by atoms with Crippen LogP contribution in [-0.2, 0) is 6.73 Å². The van der Waals surface area contributed by atoms with Crippen LogP contribution in [0.3, 0.4) is 0 Å². The standard InChI is InChI=1S/C10H13N3O/c1-7(2)8-4-3-5-9-10(8)11-12-13(9)6-14/h3-5,7,14H,6H2,1-2H3. The molecule has 14 heavy (non-hydrogen) atoms. The van der Waals surface area contributed by atoms with Gasteiger partial charge in [-0.1, -0.05) is 31.2 Å². The molecule has 0 amide bonds. The third-order valence-electron chi connectivity index (χ3n) is 2.33. The maximum atomic E-state index is 9.01. The number of rotatable bonds is 2. The van der Waals surface area contributed by atoms with Gasteiger partial charge in [-0.05, 0) is 17.5 Å². The fourth-order valence-corrected chi connectivity index (χ4v) is 1.58. The van der Waals surface area contributed by atoms with Gasteiger partial charge in [0.1, 0.15) is 12.2 Å². The average Bonchev–Trinajstić information content (AvgIpc) is 2.59. The molecule has 2 rings (SSSR count). The molecule has 0 unspecified atom stereocenters. The number of hydrogen-bond donors (Lipinski definition) is 1. The van der Waals surface area contributed by atoms with Crippen molar-refractivity contribution < 1.29 is 5.11 Å². The van der Waals surface area contributed by atoms with Crippen molar-refractivity contribution in [1.82, 2.24) is 15.0 Å². The summed E-state index contributed by atoms with van der Waals surface area (Å²) in [4.78, 5) is 0.